The molecule has 0 unspecified atom stereocenters. The number of amides is 1. The molecule has 1 aliphatic heterocycles. The number of nitrogens with one attached hydrogen (secondary N) is 2. The van der Waals surface area contributed by atoms with Gasteiger partial charge in [0.05, 0.1) is 6.04 Å². The van der Waals surface area contributed by atoms with Gasteiger partial charge in [0.15, 0.2) is 0 Å². The third-order valence-corrected chi connectivity index (χ3v) is 1.81. The molecule has 1 atom stereocenters. The molecule has 7 heteroatoms. The van der Waals surface area contributed by atoms with Gasteiger partial charge in [0.1, 0.15) is 0 Å². The molecule has 0 aromatic rings. The van der Waals surface area contributed by atoms with Gasteiger partial charge in [-0.2, -0.15) is 0 Å². The first kappa shape index (κ1) is 13.4. The predicted octanol–water partition coefficient (Wildman–Crippen LogP) is -1.36. The Morgan fingerprint density at radius 3 is 2.07 bits per heavy atom. The minimum absolute atomic E-state index is 0.0787. The van der Waals surface area contributed by atoms with E-state index < -0.39 is 11.9 Å². The topological polar surface area (TPSA) is 116 Å². The zero-order valence-electron chi connectivity index (χ0n) is 8.32. The molecule has 1 fully saturated rings. The van der Waals surface area contributed by atoms with Crippen molar-refractivity contribution < 1.29 is 24.6 Å². The zero-order valence-corrected chi connectivity index (χ0v) is 8.32. The lowest BCUT2D eigenvalue weighted by Gasteiger charge is -2.05. The van der Waals surface area contributed by atoms with Crippen molar-refractivity contribution in [3.8, 4) is 0 Å². The fourth-order valence-electron chi connectivity index (χ4n) is 1.08. The summed E-state index contributed by atoms with van der Waals surface area (Å²) in [5, 5.41) is 20.5. The number of carboxylic acid groups (broad SMARTS) is 2. The Hall–Kier alpha value is -1.63. The molecule has 1 saturated heterocycles. The van der Waals surface area contributed by atoms with Crippen molar-refractivity contribution in [2.24, 2.45) is 0 Å². The van der Waals surface area contributed by atoms with E-state index in [2.05, 4.69) is 10.6 Å². The van der Waals surface area contributed by atoms with Gasteiger partial charge in [0.25, 0.3) is 0 Å². The largest absolute Gasteiger partial charge is 0.473 e. The van der Waals surface area contributed by atoms with Gasteiger partial charge in [0, 0.05) is 7.05 Å². The van der Waals surface area contributed by atoms with Gasteiger partial charge in [-0.25, -0.2) is 9.59 Å². The first-order chi connectivity index (χ1) is 6.99. The maximum Gasteiger partial charge on any atom is 0.414 e. The lowest BCUT2D eigenvalue weighted by atomic mass is 10.2. The standard InChI is InChI=1S/C6H12N2O.C2H2O4/c1-7-6(9)5-3-2-4-8-5;3-1(4)2(5)6/h5,8H,2-4H2,1H3,(H,7,9);(H,3,4)(H,5,6)/t5-;/m0./s1. The molecular formula is C8H14N2O5. The number of carbonyl (C=O) groups is 3. The first-order valence-electron chi connectivity index (χ1n) is 4.40. The summed E-state index contributed by atoms with van der Waals surface area (Å²) in [6.07, 6.45) is 2.11. The van der Waals surface area contributed by atoms with Crippen molar-refractivity contribution in [3.05, 3.63) is 0 Å². The van der Waals surface area contributed by atoms with Crippen molar-refractivity contribution in [1.29, 1.82) is 0 Å². The van der Waals surface area contributed by atoms with E-state index in [1.807, 2.05) is 0 Å². The van der Waals surface area contributed by atoms with Crippen LogP contribution in [0.4, 0.5) is 0 Å². The molecule has 0 aliphatic carbocycles. The van der Waals surface area contributed by atoms with Crippen LogP contribution in [0.5, 0.6) is 0 Å². The average molecular weight is 218 g/mol. The molecule has 1 rings (SSSR count). The van der Waals surface area contributed by atoms with E-state index in [1.54, 1.807) is 7.05 Å². The van der Waals surface area contributed by atoms with Crippen LogP contribution in [-0.2, 0) is 14.4 Å². The number of carboxylic acids is 2. The highest BCUT2D eigenvalue weighted by molar-refractivity contribution is 6.27. The zero-order chi connectivity index (χ0) is 11.8. The van der Waals surface area contributed by atoms with Gasteiger partial charge >= 0.3 is 11.9 Å². The summed E-state index contributed by atoms with van der Waals surface area (Å²) in [5.41, 5.74) is 0. The second-order valence-electron chi connectivity index (χ2n) is 2.87. The van der Waals surface area contributed by atoms with Gasteiger partial charge in [-0.05, 0) is 19.4 Å². The van der Waals surface area contributed by atoms with Crippen molar-refractivity contribution in [2.75, 3.05) is 13.6 Å². The van der Waals surface area contributed by atoms with Crippen LogP contribution in [0, 0.1) is 0 Å². The Bertz CT molecular complexity index is 235. The Labute approximate surface area is 86.5 Å². The highest BCUT2D eigenvalue weighted by atomic mass is 16.4. The van der Waals surface area contributed by atoms with Crippen LogP contribution in [-0.4, -0.2) is 47.7 Å². The maximum atomic E-state index is 10.8. The molecule has 0 spiro atoms. The lowest BCUT2D eigenvalue weighted by molar-refractivity contribution is -0.159. The van der Waals surface area contributed by atoms with Crippen molar-refractivity contribution in [2.45, 2.75) is 18.9 Å². The van der Waals surface area contributed by atoms with Crippen LogP contribution >= 0.6 is 0 Å². The van der Waals surface area contributed by atoms with Gasteiger partial charge in [-0.15, -0.1) is 0 Å². The second-order valence-corrected chi connectivity index (χ2v) is 2.87. The van der Waals surface area contributed by atoms with Crippen molar-refractivity contribution >= 4 is 17.8 Å². The molecule has 1 heterocycles. The fraction of sp³-hybridized carbons (Fsp3) is 0.625. The number of aliphatic carboxylic acids is 2. The molecular weight excluding hydrogens is 204 g/mol. The Morgan fingerprint density at radius 2 is 1.80 bits per heavy atom. The predicted molar refractivity (Wildman–Crippen MR) is 50.4 cm³/mol. The summed E-state index contributed by atoms with van der Waals surface area (Å²) in [6, 6.07) is 0.0787. The van der Waals surface area contributed by atoms with E-state index in [9.17, 15) is 4.79 Å². The van der Waals surface area contributed by atoms with E-state index in [4.69, 9.17) is 19.8 Å². The molecule has 7 nitrogen and oxygen atoms in total. The monoisotopic (exact) mass is 218 g/mol. The molecule has 15 heavy (non-hydrogen) atoms. The average Bonchev–Trinajstić information content (AvgIpc) is 2.70. The molecule has 4 N–H and O–H groups in total. The van der Waals surface area contributed by atoms with Crippen LogP contribution in [0.15, 0.2) is 0 Å². The van der Waals surface area contributed by atoms with Gasteiger partial charge < -0.3 is 20.8 Å². The van der Waals surface area contributed by atoms with Gasteiger partial charge in [-0.1, -0.05) is 0 Å². The smallest absolute Gasteiger partial charge is 0.414 e. The van der Waals surface area contributed by atoms with Crippen LogP contribution in [0.3, 0.4) is 0 Å². The number of carbonyl (C=O) groups excluding carboxylic acids is 1. The van der Waals surface area contributed by atoms with Crippen LogP contribution in [0.1, 0.15) is 12.8 Å². The maximum absolute atomic E-state index is 10.8. The minimum Gasteiger partial charge on any atom is -0.473 e. The molecule has 0 aromatic carbocycles. The molecule has 86 valence electrons. The minimum atomic E-state index is -1.82. The molecule has 0 radical (unpaired) electrons. The van der Waals surface area contributed by atoms with E-state index in [0.717, 1.165) is 19.4 Å². The van der Waals surface area contributed by atoms with E-state index in [1.165, 1.54) is 0 Å². The molecule has 0 saturated carbocycles. The molecule has 0 aromatic heterocycles. The van der Waals surface area contributed by atoms with E-state index >= 15 is 0 Å². The number of rotatable bonds is 1. The Kier molecular flexibility index (Phi) is 6.03. The highest BCUT2D eigenvalue weighted by Gasteiger charge is 2.19. The first-order valence-corrected chi connectivity index (χ1v) is 4.40. The highest BCUT2D eigenvalue weighted by Crippen LogP contribution is 2.03. The Balaban J connectivity index is 0.000000288. The van der Waals surface area contributed by atoms with E-state index in [0.29, 0.717) is 0 Å². The summed E-state index contributed by atoms with van der Waals surface area (Å²) in [4.78, 5) is 29.0. The SMILES string of the molecule is CNC(=O)[C@@H]1CCCN1.O=C(O)C(=O)O. The van der Waals surface area contributed by atoms with Crippen molar-refractivity contribution in [1.82, 2.24) is 10.6 Å². The summed E-state index contributed by atoms with van der Waals surface area (Å²) in [6.45, 7) is 0.984. The van der Waals surface area contributed by atoms with Gasteiger partial charge in [0.2, 0.25) is 5.91 Å². The molecule has 0 bridgehead atoms. The van der Waals surface area contributed by atoms with E-state index in [-0.39, 0.29) is 11.9 Å². The number of hydrogen-bond donors (Lipinski definition) is 4. The van der Waals surface area contributed by atoms with Crippen molar-refractivity contribution in [3.63, 3.8) is 0 Å². The van der Waals surface area contributed by atoms with Crippen LogP contribution in [0.2, 0.25) is 0 Å². The quantitative estimate of drug-likeness (QED) is 0.404. The van der Waals surface area contributed by atoms with Crippen LogP contribution < -0.4 is 10.6 Å². The Morgan fingerprint density at radius 1 is 1.27 bits per heavy atom. The second kappa shape index (κ2) is 6.77. The molecule has 1 amide bonds. The lowest BCUT2D eigenvalue weighted by Crippen LogP contribution is -2.38. The summed E-state index contributed by atoms with van der Waals surface area (Å²) < 4.78 is 0. The number of likely N-dealkylation sites (N-methyl/N-ethyl adjacent to an activating group) is 1. The normalized spacial score (nSPS) is 18.6. The summed E-state index contributed by atoms with van der Waals surface area (Å²) in [7, 11) is 1.67. The molecule has 1 aliphatic rings. The summed E-state index contributed by atoms with van der Waals surface area (Å²) >= 11 is 0. The fourth-order valence-corrected chi connectivity index (χ4v) is 1.08. The number of hydrogen-bond acceptors (Lipinski definition) is 4. The third kappa shape index (κ3) is 5.63. The van der Waals surface area contributed by atoms with Gasteiger partial charge in [-0.3, -0.25) is 4.79 Å². The van der Waals surface area contributed by atoms with Crippen LogP contribution in [0.25, 0.3) is 0 Å². The summed E-state index contributed by atoms with van der Waals surface area (Å²) in [5.74, 6) is -3.53. The third-order valence-electron chi connectivity index (χ3n) is 1.81.